The second-order valence-corrected chi connectivity index (χ2v) is 5.77. The van der Waals surface area contributed by atoms with Crippen LogP contribution < -0.4 is 10.9 Å². The van der Waals surface area contributed by atoms with Crippen LogP contribution in [0.15, 0.2) is 70.1 Å². The first-order valence-electron chi connectivity index (χ1n) is 7.92. The topological polar surface area (TPSA) is 73.0 Å². The largest absolute Gasteiger partial charge is 0.376 e. The summed E-state index contributed by atoms with van der Waals surface area (Å²) in [5.41, 5.74) is 1.72. The Bertz CT molecular complexity index is 1080. The Morgan fingerprint density at radius 2 is 1.96 bits per heavy atom. The predicted molar refractivity (Wildman–Crippen MR) is 96.2 cm³/mol. The molecule has 4 rings (SSSR count). The van der Waals surface area contributed by atoms with Gasteiger partial charge in [-0.15, -0.1) is 0 Å². The Labute approximate surface area is 143 Å². The van der Waals surface area contributed by atoms with Crippen molar-refractivity contribution in [2.45, 2.75) is 6.54 Å². The number of fused-ring (bicyclic) bond motifs is 1. The fourth-order valence-corrected chi connectivity index (χ4v) is 2.66. The highest BCUT2D eigenvalue weighted by Gasteiger charge is 2.08. The van der Waals surface area contributed by atoms with E-state index in [9.17, 15) is 4.79 Å². The van der Waals surface area contributed by atoms with Gasteiger partial charge in [0, 0.05) is 29.9 Å². The summed E-state index contributed by atoms with van der Waals surface area (Å²) in [4.78, 5) is 16.6. The van der Waals surface area contributed by atoms with Crippen molar-refractivity contribution in [3.63, 3.8) is 0 Å². The molecule has 2 heterocycles. The molecule has 0 atom stereocenters. The van der Waals surface area contributed by atoms with Crippen LogP contribution >= 0.6 is 0 Å². The van der Waals surface area contributed by atoms with Gasteiger partial charge < -0.3 is 14.4 Å². The van der Waals surface area contributed by atoms with E-state index in [2.05, 4.69) is 15.5 Å². The fourth-order valence-electron chi connectivity index (χ4n) is 2.66. The van der Waals surface area contributed by atoms with E-state index in [1.165, 1.54) is 0 Å². The molecule has 0 unspecified atom stereocenters. The van der Waals surface area contributed by atoms with Gasteiger partial charge in [-0.1, -0.05) is 41.6 Å². The third kappa shape index (κ3) is 3.01. The number of hydrogen-bond donors (Lipinski definition) is 1. The minimum absolute atomic E-state index is 0.0229. The number of hydrogen-bond acceptors (Lipinski definition) is 5. The molecule has 6 nitrogen and oxygen atoms in total. The number of pyridine rings is 1. The molecule has 4 aromatic rings. The van der Waals surface area contributed by atoms with Gasteiger partial charge in [-0.3, -0.25) is 4.79 Å². The van der Waals surface area contributed by atoms with Crippen LogP contribution in [-0.4, -0.2) is 14.7 Å². The van der Waals surface area contributed by atoms with Gasteiger partial charge in [-0.2, -0.15) is 4.98 Å². The van der Waals surface area contributed by atoms with Gasteiger partial charge in [0.1, 0.15) is 0 Å². The van der Waals surface area contributed by atoms with Crippen LogP contribution in [0, 0.1) is 0 Å². The summed E-state index contributed by atoms with van der Waals surface area (Å²) >= 11 is 0. The van der Waals surface area contributed by atoms with E-state index in [0.29, 0.717) is 23.6 Å². The van der Waals surface area contributed by atoms with Gasteiger partial charge in [0.15, 0.2) is 0 Å². The molecule has 0 amide bonds. The number of nitrogens with one attached hydrogen (secondary N) is 1. The smallest absolute Gasteiger partial charge is 0.258 e. The lowest BCUT2D eigenvalue weighted by molar-refractivity contribution is 0.384. The van der Waals surface area contributed by atoms with Crippen molar-refractivity contribution in [1.82, 2.24) is 14.7 Å². The van der Waals surface area contributed by atoms with Gasteiger partial charge in [0.25, 0.3) is 5.56 Å². The zero-order valence-corrected chi connectivity index (χ0v) is 13.6. The molecule has 0 spiro atoms. The van der Waals surface area contributed by atoms with Crippen LogP contribution in [-0.2, 0) is 13.6 Å². The Hall–Kier alpha value is -3.41. The van der Waals surface area contributed by atoms with Crippen molar-refractivity contribution >= 4 is 16.5 Å². The lowest BCUT2D eigenvalue weighted by atomic mass is 10.1. The van der Waals surface area contributed by atoms with Crippen molar-refractivity contribution in [1.29, 1.82) is 0 Å². The SMILES string of the molecule is Cn1ccc2ccc(NCc3nc(-c4ccccc4)no3)cc2c1=O. The fraction of sp³-hybridized carbons (Fsp3) is 0.105. The summed E-state index contributed by atoms with van der Waals surface area (Å²) in [6.45, 7) is 0.387. The second-order valence-electron chi connectivity index (χ2n) is 5.77. The molecule has 6 heteroatoms. The van der Waals surface area contributed by atoms with Crippen LogP contribution in [0.4, 0.5) is 5.69 Å². The molecule has 0 bridgehead atoms. The second kappa shape index (κ2) is 6.24. The van der Waals surface area contributed by atoms with Crippen LogP contribution in [0.3, 0.4) is 0 Å². The summed E-state index contributed by atoms with van der Waals surface area (Å²) in [6, 6.07) is 17.3. The van der Waals surface area contributed by atoms with E-state index in [0.717, 1.165) is 16.6 Å². The van der Waals surface area contributed by atoms with E-state index < -0.39 is 0 Å². The molecule has 0 fully saturated rings. The minimum atomic E-state index is -0.0229. The zero-order valence-electron chi connectivity index (χ0n) is 13.6. The molecular formula is C19H16N4O2. The standard InChI is InChI=1S/C19H16N4O2/c1-23-10-9-13-7-8-15(11-16(13)19(23)24)20-12-17-21-18(22-25-17)14-5-3-2-4-6-14/h2-11,20H,12H2,1H3. The first-order chi connectivity index (χ1) is 12.2. The zero-order chi connectivity index (χ0) is 17.2. The number of anilines is 1. The Kier molecular flexibility index (Phi) is 3.78. The van der Waals surface area contributed by atoms with Crippen molar-refractivity contribution < 1.29 is 4.52 Å². The van der Waals surface area contributed by atoms with Crippen molar-refractivity contribution in [2.75, 3.05) is 5.32 Å². The average molecular weight is 332 g/mol. The molecule has 25 heavy (non-hydrogen) atoms. The molecule has 2 aromatic heterocycles. The molecule has 124 valence electrons. The van der Waals surface area contributed by atoms with E-state index in [-0.39, 0.29) is 5.56 Å². The summed E-state index contributed by atoms with van der Waals surface area (Å²) in [6.07, 6.45) is 1.77. The Balaban J connectivity index is 1.54. The molecule has 0 aliphatic carbocycles. The van der Waals surface area contributed by atoms with Crippen molar-refractivity contribution in [3.05, 3.63) is 77.0 Å². The van der Waals surface area contributed by atoms with Gasteiger partial charge in [-0.25, -0.2) is 0 Å². The van der Waals surface area contributed by atoms with Crippen LogP contribution in [0.5, 0.6) is 0 Å². The summed E-state index contributed by atoms with van der Waals surface area (Å²) in [7, 11) is 1.74. The molecule has 0 aliphatic rings. The molecule has 0 saturated heterocycles. The maximum Gasteiger partial charge on any atom is 0.258 e. The quantitative estimate of drug-likeness (QED) is 0.621. The number of nitrogens with zero attached hydrogens (tertiary/aromatic N) is 3. The predicted octanol–water partition coefficient (Wildman–Crippen LogP) is 3.20. The van der Waals surface area contributed by atoms with Gasteiger partial charge >= 0.3 is 0 Å². The number of benzene rings is 2. The molecular weight excluding hydrogens is 316 g/mol. The monoisotopic (exact) mass is 332 g/mol. The van der Waals surface area contributed by atoms with E-state index in [1.807, 2.05) is 54.6 Å². The third-order valence-corrected chi connectivity index (χ3v) is 4.03. The molecule has 2 aromatic carbocycles. The lowest BCUT2D eigenvalue weighted by Gasteiger charge is -2.06. The van der Waals surface area contributed by atoms with Gasteiger partial charge in [0.05, 0.1) is 6.54 Å². The third-order valence-electron chi connectivity index (χ3n) is 4.03. The highest BCUT2D eigenvalue weighted by atomic mass is 16.5. The highest BCUT2D eigenvalue weighted by Crippen LogP contribution is 2.18. The number of aryl methyl sites for hydroxylation is 1. The molecule has 0 aliphatic heterocycles. The summed E-state index contributed by atoms with van der Waals surface area (Å²) in [5.74, 6) is 1.05. The molecule has 1 N–H and O–H groups in total. The first kappa shape index (κ1) is 15.1. The maximum atomic E-state index is 12.2. The van der Waals surface area contributed by atoms with Gasteiger partial charge in [-0.05, 0) is 23.6 Å². The van der Waals surface area contributed by atoms with E-state index in [4.69, 9.17) is 4.52 Å². The van der Waals surface area contributed by atoms with Crippen LogP contribution in [0.25, 0.3) is 22.2 Å². The number of aromatic nitrogens is 3. The van der Waals surface area contributed by atoms with Crippen LogP contribution in [0.2, 0.25) is 0 Å². The number of rotatable bonds is 4. The Morgan fingerprint density at radius 3 is 2.80 bits per heavy atom. The average Bonchev–Trinajstić information content (AvgIpc) is 3.13. The highest BCUT2D eigenvalue weighted by molar-refractivity contribution is 5.84. The normalized spacial score (nSPS) is 10.9. The van der Waals surface area contributed by atoms with Gasteiger partial charge in [0.2, 0.25) is 11.7 Å². The lowest BCUT2D eigenvalue weighted by Crippen LogP contribution is -2.15. The van der Waals surface area contributed by atoms with E-state index >= 15 is 0 Å². The maximum absolute atomic E-state index is 12.2. The molecule has 0 saturated carbocycles. The minimum Gasteiger partial charge on any atom is -0.376 e. The first-order valence-corrected chi connectivity index (χ1v) is 7.92. The summed E-state index contributed by atoms with van der Waals surface area (Å²) < 4.78 is 6.85. The van der Waals surface area contributed by atoms with Crippen molar-refractivity contribution in [2.24, 2.45) is 7.05 Å². The van der Waals surface area contributed by atoms with E-state index in [1.54, 1.807) is 17.8 Å². The molecule has 0 radical (unpaired) electrons. The summed E-state index contributed by atoms with van der Waals surface area (Å²) in [5, 5.41) is 8.80. The Morgan fingerprint density at radius 1 is 1.12 bits per heavy atom. The van der Waals surface area contributed by atoms with Crippen molar-refractivity contribution in [3.8, 4) is 11.4 Å². The van der Waals surface area contributed by atoms with Crippen LogP contribution in [0.1, 0.15) is 5.89 Å².